The van der Waals surface area contributed by atoms with Crippen molar-refractivity contribution in [3.05, 3.63) is 48.6 Å². The van der Waals surface area contributed by atoms with E-state index in [0.29, 0.717) is 0 Å². The van der Waals surface area contributed by atoms with Gasteiger partial charge in [-0.3, -0.25) is 4.79 Å². The Labute approximate surface area is 92.9 Å². The van der Waals surface area contributed by atoms with Crippen LogP contribution in [0.2, 0.25) is 0 Å². The second-order valence-electron chi connectivity index (χ2n) is 3.14. The molecule has 0 aromatic carbocycles. The smallest absolute Gasteiger partial charge is 0.142 e. The number of unbranched alkanes of at least 4 members (excludes halogenated alkanes) is 2. The Balaban J connectivity index is 3.38. The number of allylic oxidation sites excluding steroid dienone is 8. The molecule has 0 radical (unpaired) electrons. The molecule has 0 atom stereocenters. The normalized spacial score (nSPS) is 12.6. The lowest BCUT2D eigenvalue weighted by Crippen LogP contribution is -1.69. The van der Waals surface area contributed by atoms with Crippen LogP contribution in [0.5, 0.6) is 0 Å². The largest absolute Gasteiger partial charge is 0.299 e. The summed E-state index contributed by atoms with van der Waals surface area (Å²) in [6, 6.07) is 0. The molecule has 0 aliphatic heterocycles. The average molecular weight is 204 g/mol. The first-order valence-electron chi connectivity index (χ1n) is 5.50. The van der Waals surface area contributed by atoms with Crippen LogP contribution in [0.1, 0.15) is 32.6 Å². The Morgan fingerprint density at radius 2 is 1.40 bits per heavy atom. The van der Waals surface area contributed by atoms with Gasteiger partial charge >= 0.3 is 0 Å². The van der Waals surface area contributed by atoms with E-state index in [4.69, 9.17) is 0 Å². The lowest BCUT2D eigenvalue weighted by molar-refractivity contribution is -0.104. The van der Waals surface area contributed by atoms with Gasteiger partial charge in [0.05, 0.1) is 0 Å². The third-order valence-corrected chi connectivity index (χ3v) is 1.80. The van der Waals surface area contributed by atoms with Crippen LogP contribution in [-0.2, 0) is 4.79 Å². The van der Waals surface area contributed by atoms with Gasteiger partial charge < -0.3 is 0 Å². The molecule has 1 heteroatoms. The molecule has 15 heavy (non-hydrogen) atoms. The van der Waals surface area contributed by atoms with Gasteiger partial charge in [0.25, 0.3) is 0 Å². The Morgan fingerprint density at radius 1 is 0.800 bits per heavy atom. The van der Waals surface area contributed by atoms with Gasteiger partial charge in [0.2, 0.25) is 0 Å². The molecule has 0 fully saturated rings. The van der Waals surface area contributed by atoms with Crippen LogP contribution in [0.25, 0.3) is 0 Å². The third kappa shape index (κ3) is 12.6. The average Bonchev–Trinajstić information content (AvgIpc) is 2.26. The van der Waals surface area contributed by atoms with Gasteiger partial charge in [-0.2, -0.15) is 0 Å². The molecule has 0 amide bonds. The van der Waals surface area contributed by atoms with Crippen LogP contribution < -0.4 is 0 Å². The number of hydrogen-bond donors (Lipinski definition) is 0. The van der Waals surface area contributed by atoms with E-state index < -0.39 is 0 Å². The number of carbonyl (C=O) groups excluding carboxylic acids is 1. The van der Waals surface area contributed by atoms with Crippen LogP contribution in [0.3, 0.4) is 0 Å². The molecule has 0 spiro atoms. The van der Waals surface area contributed by atoms with E-state index in [0.717, 1.165) is 32.0 Å². The topological polar surface area (TPSA) is 17.1 Å². The third-order valence-electron chi connectivity index (χ3n) is 1.80. The molecule has 0 rings (SSSR count). The van der Waals surface area contributed by atoms with E-state index in [1.54, 1.807) is 6.08 Å². The summed E-state index contributed by atoms with van der Waals surface area (Å²) in [5.74, 6) is 0. The summed E-state index contributed by atoms with van der Waals surface area (Å²) in [6.45, 7) is 2.12. The van der Waals surface area contributed by atoms with Gasteiger partial charge in [-0.1, -0.05) is 49.5 Å². The molecule has 0 heterocycles. The Bertz CT molecular complexity index is 244. The number of aldehydes is 1. The molecule has 0 saturated carbocycles. The molecular formula is C14H20O. The van der Waals surface area contributed by atoms with Crippen molar-refractivity contribution in [1.29, 1.82) is 0 Å². The van der Waals surface area contributed by atoms with Crippen LogP contribution in [0.4, 0.5) is 0 Å². The predicted octanol–water partition coefficient (Wildman–Crippen LogP) is 3.99. The minimum Gasteiger partial charge on any atom is -0.299 e. The quantitative estimate of drug-likeness (QED) is 0.253. The van der Waals surface area contributed by atoms with E-state index >= 15 is 0 Å². The van der Waals surface area contributed by atoms with Crippen molar-refractivity contribution in [3.8, 4) is 0 Å². The zero-order chi connectivity index (χ0) is 11.2. The fourth-order valence-electron chi connectivity index (χ4n) is 1.02. The Morgan fingerprint density at radius 3 is 2.00 bits per heavy atom. The van der Waals surface area contributed by atoms with Crippen molar-refractivity contribution in [3.63, 3.8) is 0 Å². The van der Waals surface area contributed by atoms with Crippen molar-refractivity contribution < 1.29 is 4.79 Å². The highest BCUT2D eigenvalue weighted by Crippen LogP contribution is 1.97. The van der Waals surface area contributed by atoms with Crippen molar-refractivity contribution in [2.75, 3.05) is 0 Å². The van der Waals surface area contributed by atoms with Crippen LogP contribution in [0.15, 0.2) is 48.6 Å². The fourth-order valence-corrected chi connectivity index (χ4v) is 1.02. The minimum atomic E-state index is 0.818. The molecule has 0 aliphatic carbocycles. The summed E-state index contributed by atoms with van der Waals surface area (Å²) >= 11 is 0. The van der Waals surface area contributed by atoms with E-state index in [2.05, 4.69) is 31.2 Å². The van der Waals surface area contributed by atoms with E-state index in [1.807, 2.05) is 18.2 Å². The number of carbonyl (C=O) groups is 1. The highest BCUT2D eigenvalue weighted by Gasteiger charge is 1.78. The summed E-state index contributed by atoms with van der Waals surface area (Å²) in [4.78, 5) is 9.95. The molecule has 0 aromatic rings. The lowest BCUT2D eigenvalue weighted by atomic mass is 10.2. The van der Waals surface area contributed by atoms with E-state index in [-0.39, 0.29) is 0 Å². The second kappa shape index (κ2) is 12.6. The van der Waals surface area contributed by atoms with Crippen LogP contribution in [-0.4, -0.2) is 6.29 Å². The maximum absolute atomic E-state index is 9.95. The Kier molecular flexibility index (Phi) is 11.5. The first-order valence-corrected chi connectivity index (χ1v) is 5.50. The monoisotopic (exact) mass is 204 g/mol. The highest BCUT2D eigenvalue weighted by molar-refractivity contribution is 5.64. The molecule has 82 valence electrons. The van der Waals surface area contributed by atoms with Gasteiger partial charge in [0, 0.05) is 0 Å². The van der Waals surface area contributed by atoms with Crippen molar-refractivity contribution in [1.82, 2.24) is 0 Å². The summed E-state index contributed by atoms with van der Waals surface area (Å²) in [6.07, 6.45) is 20.9. The Hall–Kier alpha value is -1.37. The molecule has 0 saturated heterocycles. The van der Waals surface area contributed by atoms with Crippen LogP contribution in [0, 0.1) is 0 Å². The van der Waals surface area contributed by atoms with Gasteiger partial charge in [-0.25, -0.2) is 0 Å². The maximum atomic E-state index is 9.95. The minimum absolute atomic E-state index is 0.818. The van der Waals surface area contributed by atoms with Crippen molar-refractivity contribution >= 4 is 6.29 Å². The second-order valence-corrected chi connectivity index (χ2v) is 3.14. The number of hydrogen-bond acceptors (Lipinski definition) is 1. The highest BCUT2D eigenvalue weighted by atomic mass is 16.1. The number of rotatable bonds is 8. The molecular weight excluding hydrogens is 184 g/mol. The molecule has 0 bridgehead atoms. The van der Waals surface area contributed by atoms with Crippen LogP contribution >= 0.6 is 0 Å². The lowest BCUT2D eigenvalue weighted by Gasteiger charge is -1.87. The summed E-state index contributed by atoms with van der Waals surface area (Å²) in [7, 11) is 0. The molecule has 0 aliphatic rings. The fraction of sp³-hybridized carbons (Fsp3) is 0.357. The van der Waals surface area contributed by atoms with E-state index in [9.17, 15) is 4.79 Å². The standard InChI is InChI=1S/C14H20O/c1-2-3-4-5-6-7-8-9-10-11-12-13-14-15/h3-8,12-14H,2,9-11H2,1H3/b4-3+,6-5+,8-7+,13-12+. The summed E-state index contributed by atoms with van der Waals surface area (Å²) in [5, 5.41) is 0. The predicted molar refractivity (Wildman–Crippen MR) is 66.8 cm³/mol. The zero-order valence-corrected chi connectivity index (χ0v) is 9.43. The molecule has 0 unspecified atom stereocenters. The van der Waals surface area contributed by atoms with Crippen molar-refractivity contribution in [2.24, 2.45) is 0 Å². The first kappa shape index (κ1) is 13.6. The summed E-state index contributed by atoms with van der Waals surface area (Å²) in [5.41, 5.74) is 0. The molecule has 1 nitrogen and oxygen atoms in total. The van der Waals surface area contributed by atoms with E-state index in [1.165, 1.54) is 0 Å². The van der Waals surface area contributed by atoms with Crippen molar-refractivity contribution in [2.45, 2.75) is 32.6 Å². The van der Waals surface area contributed by atoms with Gasteiger partial charge in [-0.05, 0) is 31.8 Å². The van der Waals surface area contributed by atoms with Gasteiger partial charge in [0.15, 0.2) is 0 Å². The summed E-state index contributed by atoms with van der Waals surface area (Å²) < 4.78 is 0. The molecule has 0 aromatic heterocycles. The first-order chi connectivity index (χ1) is 7.41. The van der Waals surface area contributed by atoms with Gasteiger partial charge in [0.1, 0.15) is 6.29 Å². The SMILES string of the molecule is CC/C=C/C=C/C=C/CCC/C=C/C=O. The van der Waals surface area contributed by atoms with Gasteiger partial charge in [-0.15, -0.1) is 0 Å². The zero-order valence-electron chi connectivity index (χ0n) is 9.43. The maximum Gasteiger partial charge on any atom is 0.142 e. The molecule has 0 N–H and O–H groups in total.